The van der Waals surface area contributed by atoms with Gasteiger partial charge in [-0.1, -0.05) is 0 Å². The number of rotatable bonds is 2. The quantitative estimate of drug-likeness (QED) is 0.808. The Kier molecular flexibility index (Phi) is 3.54. The number of pyridine rings is 1. The summed E-state index contributed by atoms with van der Waals surface area (Å²) in [6.07, 6.45) is 4.94. The number of carbonyl (C=O) groups excluding carboxylic acids is 1. The van der Waals surface area contributed by atoms with Gasteiger partial charge in [-0.2, -0.15) is 5.10 Å². The minimum atomic E-state index is 0.0388. The molecule has 1 saturated heterocycles. The first-order chi connectivity index (χ1) is 9.84. The molecule has 0 aromatic carbocycles. The van der Waals surface area contributed by atoms with Gasteiger partial charge in [-0.3, -0.25) is 9.78 Å². The highest BCUT2D eigenvalue weighted by Gasteiger charge is 2.22. The van der Waals surface area contributed by atoms with Crippen LogP contribution in [0.2, 0.25) is 0 Å². The zero-order valence-corrected chi connectivity index (χ0v) is 11.0. The topological polar surface area (TPSA) is 62.2 Å². The molecule has 20 heavy (non-hydrogen) atoms. The van der Waals surface area contributed by atoms with Crippen LogP contribution in [-0.2, 0) is 0 Å². The van der Waals surface area contributed by atoms with E-state index in [0.29, 0.717) is 18.7 Å². The van der Waals surface area contributed by atoms with E-state index < -0.39 is 0 Å². The highest BCUT2D eigenvalue weighted by molar-refractivity contribution is 5.94. The first-order valence-corrected chi connectivity index (χ1v) is 6.56. The molecule has 102 valence electrons. The lowest BCUT2D eigenvalue weighted by Crippen LogP contribution is -2.49. The summed E-state index contributed by atoms with van der Waals surface area (Å²) in [5, 5.41) is 7.97. The number of hydrogen-bond donors (Lipinski definition) is 0. The molecule has 1 amide bonds. The molecule has 0 bridgehead atoms. The van der Waals surface area contributed by atoms with Crippen LogP contribution in [0.4, 0.5) is 5.82 Å². The Morgan fingerprint density at radius 3 is 2.50 bits per heavy atom. The molecule has 6 nitrogen and oxygen atoms in total. The Balaban J connectivity index is 1.63. The van der Waals surface area contributed by atoms with Crippen molar-refractivity contribution in [3.05, 3.63) is 48.4 Å². The maximum atomic E-state index is 12.3. The summed E-state index contributed by atoms with van der Waals surface area (Å²) in [6.45, 7) is 2.91. The van der Waals surface area contributed by atoms with Gasteiger partial charge in [0.1, 0.15) is 0 Å². The predicted molar refractivity (Wildman–Crippen MR) is 74.4 cm³/mol. The summed E-state index contributed by atoms with van der Waals surface area (Å²) >= 11 is 0. The fraction of sp³-hybridized carbons (Fsp3) is 0.286. The van der Waals surface area contributed by atoms with E-state index in [9.17, 15) is 4.79 Å². The average molecular weight is 269 g/mol. The summed E-state index contributed by atoms with van der Waals surface area (Å²) < 4.78 is 0. The summed E-state index contributed by atoms with van der Waals surface area (Å²) in [5.74, 6) is 0.901. The normalized spacial score (nSPS) is 15.2. The number of nitrogens with zero attached hydrogens (tertiary/aromatic N) is 5. The molecule has 2 aromatic heterocycles. The summed E-state index contributed by atoms with van der Waals surface area (Å²) in [6, 6.07) is 7.38. The number of carbonyl (C=O) groups is 1. The Morgan fingerprint density at radius 1 is 1.05 bits per heavy atom. The second-order valence-corrected chi connectivity index (χ2v) is 4.60. The van der Waals surface area contributed by atoms with Crippen molar-refractivity contribution in [2.45, 2.75) is 0 Å². The van der Waals surface area contributed by atoms with E-state index in [1.165, 1.54) is 0 Å². The van der Waals surface area contributed by atoms with Gasteiger partial charge in [0.25, 0.3) is 5.91 Å². The van der Waals surface area contributed by atoms with Crippen LogP contribution in [0.15, 0.2) is 42.9 Å². The number of anilines is 1. The molecule has 0 spiro atoms. The maximum Gasteiger partial charge on any atom is 0.255 e. The van der Waals surface area contributed by atoms with Gasteiger partial charge in [-0.25, -0.2) is 0 Å². The molecule has 1 fully saturated rings. The van der Waals surface area contributed by atoms with Gasteiger partial charge in [0.2, 0.25) is 0 Å². The molecule has 1 aliphatic heterocycles. The van der Waals surface area contributed by atoms with Crippen LogP contribution >= 0.6 is 0 Å². The lowest BCUT2D eigenvalue weighted by Gasteiger charge is -2.35. The molecule has 0 N–H and O–H groups in total. The zero-order chi connectivity index (χ0) is 13.8. The molecule has 3 rings (SSSR count). The molecule has 1 aliphatic rings. The third kappa shape index (κ3) is 2.59. The van der Waals surface area contributed by atoms with E-state index in [1.54, 1.807) is 30.7 Å². The number of aromatic nitrogens is 3. The van der Waals surface area contributed by atoms with Gasteiger partial charge in [-0.05, 0) is 24.3 Å². The van der Waals surface area contributed by atoms with Crippen LogP contribution < -0.4 is 4.90 Å². The van der Waals surface area contributed by atoms with Crippen molar-refractivity contribution in [1.29, 1.82) is 0 Å². The molecule has 0 unspecified atom stereocenters. The first-order valence-electron chi connectivity index (χ1n) is 6.56. The minimum Gasteiger partial charge on any atom is -0.352 e. The minimum absolute atomic E-state index is 0.0388. The van der Waals surface area contributed by atoms with Crippen molar-refractivity contribution in [2.24, 2.45) is 0 Å². The van der Waals surface area contributed by atoms with E-state index in [2.05, 4.69) is 20.1 Å². The van der Waals surface area contributed by atoms with Crippen LogP contribution in [0.5, 0.6) is 0 Å². The number of piperazine rings is 1. The predicted octanol–water partition coefficient (Wildman–Crippen LogP) is 0.834. The number of hydrogen-bond acceptors (Lipinski definition) is 5. The fourth-order valence-electron chi connectivity index (χ4n) is 2.27. The van der Waals surface area contributed by atoms with Crippen molar-refractivity contribution < 1.29 is 4.79 Å². The second kappa shape index (κ2) is 5.64. The third-order valence-corrected chi connectivity index (χ3v) is 3.36. The van der Waals surface area contributed by atoms with E-state index in [4.69, 9.17) is 0 Å². The lowest BCUT2D eigenvalue weighted by molar-refractivity contribution is 0.0746. The molecule has 0 saturated carbocycles. The Bertz CT molecular complexity index is 567. The Morgan fingerprint density at radius 2 is 1.85 bits per heavy atom. The Hall–Kier alpha value is -2.50. The van der Waals surface area contributed by atoms with E-state index in [0.717, 1.165) is 18.9 Å². The van der Waals surface area contributed by atoms with Crippen molar-refractivity contribution in [2.75, 3.05) is 31.1 Å². The van der Waals surface area contributed by atoms with Crippen LogP contribution in [0, 0.1) is 0 Å². The Labute approximate surface area is 117 Å². The number of amides is 1. The second-order valence-electron chi connectivity index (χ2n) is 4.60. The first kappa shape index (κ1) is 12.5. The van der Waals surface area contributed by atoms with Crippen LogP contribution in [0.1, 0.15) is 10.4 Å². The SMILES string of the molecule is O=C(c1cccnc1)N1CCN(c2cccnn2)CC1. The van der Waals surface area contributed by atoms with Crippen molar-refractivity contribution >= 4 is 11.7 Å². The molecule has 2 aromatic rings. The molecule has 0 atom stereocenters. The molecule has 0 aliphatic carbocycles. The third-order valence-electron chi connectivity index (χ3n) is 3.36. The zero-order valence-electron chi connectivity index (χ0n) is 11.0. The van der Waals surface area contributed by atoms with Crippen molar-refractivity contribution in [3.8, 4) is 0 Å². The van der Waals surface area contributed by atoms with E-state index in [-0.39, 0.29) is 5.91 Å². The lowest BCUT2D eigenvalue weighted by atomic mass is 10.2. The van der Waals surface area contributed by atoms with E-state index in [1.807, 2.05) is 17.0 Å². The van der Waals surface area contributed by atoms with Gasteiger partial charge in [0.05, 0.1) is 5.56 Å². The smallest absolute Gasteiger partial charge is 0.255 e. The largest absolute Gasteiger partial charge is 0.352 e. The van der Waals surface area contributed by atoms with Crippen LogP contribution in [0.3, 0.4) is 0 Å². The van der Waals surface area contributed by atoms with Gasteiger partial charge in [0, 0.05) is 44.8 Å². The highest BCUT2D eigenvalue weighted by atomic mass is 16.2. The van der Waals surface area contributed by atoms with Crippen LogP contribution in [-0.4, -0.2) is 52.2 Å². The molecular weight excluding hydrogens is 254 g/mol. The van der Waals surface area contributed by atoms with Gasteiger partial charge < -0.3 is 9.80 Å². The van der Waals surface area contributed by atoms with Gasteiger partial charge in [-0.15, -0.1) is 5.10 Å². The summed E-state index contributed by atoms with van der Waals surface area (Å²) in [4.78, 5) is 20.3. The maximum absolute atomic E-state index is 12.3. The molecule has 0 radical (unpaired) electrons. The monoisotopic (exact) mass is 269 g/mol. The van der Waals surface area contributed by atoms with Gasteiger partial charge in [0.15, 0.2) is 5.82 Å². The summed E-state index contributed by atoms with van der Waals surface area (Å²) in [5.41, 5.74) is 0.639. The van der Waals surface area contributed by atoms with Crippen molar-refractivity contribution in [1.82, 2.24) is 20.1 Å². The fourth-order valence-corrected chi connectivity index (χ4v) is 2.27. The highest BCUT2D eigenvalue weighted by Crippen LogP contribution is 2.13. The standard InChI is InChI=1S/C14H15N5O/c20-14(12-3-1-5-15-11-12)19-9-7-18(8-10-19)13-4-2-6-16-17-13/h1-6,11H,7-10H2. The van der Waals surface area contributed by atoms with Gasteiger partial charge >= 0.3 is 0 Å². The van der Waals surface area contributed by atoms with Crippen LogP contribution in [0.25, 0.3) is 0 Å². The summed E-state index contributed by atoms with van der Waals surface area (Å²) in [7, 11) is 0. The molecule has 6 heteroatoms. The van der Waals surface area contributed by atoms with Crippen molar-refractivity contribution in [3.63, 3.8) is 0 Å². The van der Waals surface area contributed by atoms with E-state index >= 15 is 0 Å². The molecule has 3 heterocycles. The average Bonchev–Trinajstić information content (AvgIpc) is 2.56. The molecular formula is C14H15N5O.